The molecule has 0 saturated carbocycles. The summed E-state index contributed by atoms with van der Waals surface area (Å²) in [4.78, 5) is 26.7. The summed E-state index contributed by atoms with van der Waals surface area (Å²) in [5, 5.41) is 2.99. The average Bonchev–Trinajstić information content (AvgIpc) is 2.72. The van der Waals surface area contributed by atoms with Crippen LogP contribution >= 0.6 is 0 Å². The molecular formula is C21H23N3O4. The first-order valence-electron chi connectivity index (χ1n) is 9.78. The fraction of sp³-hybridized carbons (Fsp3) is 0.429. The number of rotatable bonds is 2. The maximum Gasteiger partial charge on any atom is 0.317 e. The summed E-state index contributed by atoms with van der Waals surface area (Å²) in [5.74, 6) is 1.98. The molecule has 0 radical (unpaired) electrons. The second-order valence-electron chi connectivity index (χ2n) is 7.79. The van der Waals surface area contributed by atoms with Crippen LogP contribution in [0.1, 0.15) is 18.0 Å². The first kappa shape index (κ1) is 17.2. The predicted molar refractivity (Wildman–Crippen MR) is 103 cm³/mol. The van der Waals surface area contributed by atoms with Crippen LogP contribution in [0.5, 0.6) is 11.5 Å². The van der Waals surface area contributed by atoms with Gasteiger partial charge in [-0.3, -0.25) is 4.79 Å². The van der Waals surface area contributed by atoms with Crippen molar-refractivity contribution in [1.29, 1.82) is 0 Å². The SMILES string of the molecule is O=C(NC[C@H]1COc2ccccc2O1)N1C[C@H]2C[C@@H](C1)c1cccc(=O)n1C2. The number of nitrogens with zero attached hydrogens (tertiary/aromatic N) is 2. The zero-order valence-corrected chi connectivity index (χ0v) is 15.5. The maximum absolute atomic E-state index is 12.7. The molecule has 1 fully saturated rings. The lowest BCUT2D eigenvalue weighted by Gasteiger charge is -2.42. The Bertz CT molecular complexity index is 957. The normalized spacial score (nSPS) is 25.0. The van der Waals surface area contributed by atoms with Crippen molar-refractivity contribution in [2.24, 2.45) is 5.92 Å². The van der Waals surface area contributed by atoms with Crippen molar-refractivity contribution in [3.8, 4) is 11.5 Å². The van der Waals surface area contributed by atoms with Crippen LogP contribution in [0.25, 0.3) is 0 Å². The Labute approximate surface area is 162 Å². The van der Waals surface area contributed by atoms with Gasteiger partial charge in [-0.1, -0.05) is 18.2 Å². The number of hydrogen-bond donors (Lipinski definition) is 1. The van der Waals surface area contributed by atoms with Gasteiger partial charge < -0.3 is 24.3 Å². The summed E-state index contributed by atoms with van der Waals surface area (Å²) in [5.41, 5.74) is 1.10. The third-order valence-electron chi connectivity index (χ3n) is 5.82. The van der Waals surface area contributed by atoms with Gasteiger partial charge in [-0.15, -0.1) is 0 Å². The summed E-state index contributed by atoms with van der Waals surface area (Å²) in [6, 6.07) is 12.9. The van der Waals surface area contributed by atoms with E-state index in [1.165, 1.54) is 0 Å². The number of carbonyl (C=O) groups is 1. The zero-order valence-electron chi connectivity index (χ0n) is 15.5. The molecule has 0 unspecified atom stereocenters. The third-order valence-corrected chi connectivity index (χ3v) is 5.82. The summed E-state index contributed by atoms with van der Waals surface area (Å²) >= 11 is 0. The molecule has 3 atom stereocenters. The zero-order chi connectivity index (χ0) is 19.1. The Kier molecular flexibility index (Phi) is 4.22. The van der Waals surface area contributed by atoms with E-state index in [0.29, 0.717) is 44.5 Å². The smallest absolute Gasteiger partial charge is 0.317 e. The van der Waals surface area contributed by atoms with Gasteiger partial charge in [-0.05, 0) is 30.5 Å². The lowest BCUT2D eigenvalue weighted by atomic mass is 9.83. The van der Waals surface area contributed by atoms with E-state index < -0.39 is 0 Å². The van der Waals surface area contributed by atoms with E-state index in [2.05, 4.69) is 5.32 Å². The van der Waals surface area contributed by atoms with E-state index in [9.17, 15) is 9.59 Å². The Hall–Kier alpha value is -2.96. The molecule has 28 heavy (non-hydrogen) atoms. The molecule has 0 aliphatic carbocycles. The van der Waals surface area contributed by atoms with Crippen LogP contribution in [-0.2, 0) is 6.54 Å². The maximum atomic E-state index is 12.7. The van der Waals surface area contributed by atoms with Crippen molar-refractivity contribution in [3.63, 3.8) is 0 Å². The van der Waals surface area contributed by atoms with Crippen LogP contribution in [0.3, 0.4) is 0 Å². The molecule has 7 heteroatoms. The number of pyridine rings is 1. The van der Waals surface area contributed by atoms with Gasteiger partial charge in [0.2, 0.25) is 0 Å². The highest BCUT2D eigenvalue weighted by atomic mass is 16.6. The van der Waals surface area contributed by atoms with Gasteiger partial charge in [0, 0.05) is 37.3 Å². The number of carbonyl (C=O) groups excluding carboxylic acids is 1. The highest BCUT2D eigenvalue weighted by Crippen LogP contribution is 2.35. The second kappa shape index (κ2) is 6.89. The van der Waals surface area contributed by atoms with Crippen molar-refractivity contribution >= 4 is 6.03 Å². The Morgan fingerprint density at radius 2 is 1.93 bits per heavy atom. The molecule has 1 saturated heterocycles. The minimum absolute atomic E-state index is 0.0554. The molecule has 2 amide bonds. The molecule has 1 N–H and O–H groups in total. The van der Waals surface area contributed by atoms with E-state index in [-0.39, 0.29) is 23.6 Å². The second-order valence-corrected chi connectivity index (χ2v) is 7.79. The monoisotopic (exact) mass is 381 g/mol. The van der Waals surface area contributed by atoms with E-state index in [0.717, 1.165) is 17.9 Å². The van der Waals surface area contributed by atoms with Crippen LogP contribution < -0.4 is 20.3 Å². The van der Waals surface area contributed by atoms with E-state index in [1.54, 1.807) is 6.07 Å². The fourth-order valence-corrected chi connectivity index (χ4v) is 4.54. The average molecular weight is 381 g/mol. The summed E-state index contributed by atoms with van der Waals surface area (Å²) in [6.45, 7) is 2.81. The molecular weight excluding hydrogens is 358 g/mol. The van der Waals surface area contributed by atoms with Crippen molar-refractivity contribution in [3.05, 3.63) is 58.5 Å². The number of likely N-dealkylation sites (tertiary alicyclic amines) is 1. The number of benzene rings is 1. The van der Waals surface area contributed by atoms with Crippen molar-refractivity contribution in [2.75, 3.05) is 26.2 Å². The number of amides is 2. The minimum atomic E-state index is -0.206. The molecule has 2 bridgehead atoms. The lowest BCUT2D eigenvalue weighted by Crippen LogP contribution is -2.53. The Morgan fingerprint density at radius 1 is 1.07 bits per heavy atom. The van der Waals surface area contributed by atoms with Gasteiger partial charge in [-0.25, -0.2) is 4.79 Å². The number of ether oxygens (including phenoxy) is 2. The van der Waals surface area contributed by atoms with Crippen LogP contribution in [0.2, 0.25) is 0 Å². The van der Waals surface area contributed by atoms with Gasteiger partial charge in [0.1, 0.15) is 6.61 Å². The third kappa shape index (κ3) is 3.10. The highest BCUT2D eigenvalue weighted by Gasteiger charge is 2.36. The quantitative estimate of drug-likeness (QED) is 0.861. The summed E-state index contributed by atoms with van der Waals surface area (Å²) in [6.07, 6.45) is 0.825. The number of nitrogens with one attached hydrogen (secondary N) is 1. The first-order valence-corrected chi connectivity index (χ1v) is 9.78. The van der Waals surface area contributed by atoms with E-state index in [4.69, 9.17) is 9.47 Å². The van der Waals surface area contributed by atoms with Crippen molar-refractivity contribution < 1.29 is 14.3 Å². The molecule has 2 aromatic rings. The molecule has 7 nitrogen and oxygen atoms in total. The number of hydrogen-bond acceptors (Lipinski definition) is 4. The Morgan fingerprint density at radius 3 is 2.82 bits per heavy atom. The molecule has 146 valence electrons. The topological polar surface area (TPSA) is 72.8 Å². The van der Waals surface area contributed by atoms with Crippen LogP contribution in [-0.4, -0.2) is 47.8 Å². The largest absolute Gasteiger partial charge is 0.486 e. The highest BCUT2D eigenvalue weighted by molar-refractivity contribution is 5.74. The molecule has 4 heterocycles. The van der Waals surface area contributed by atoms with Crippen LogP contribution in [0, 0.1) is 5.92 Å². The minimum Gasteiger partial charge on any atom is -0.486 e. The number of urea groups is 1. The van der Waals surface area contributed by atoms with Crippen LogP contribution in [0.15, 0.2) is 47.3 Å². The Balaban J connectivity index is 1.21. The van der Waals surface area contributed by atoms with Gasteiger partial charge in [0.15, 0.2) is 17.6 Å². The molecule has 5 rings (SSSR count). The van der Waals surface area contributed by atoms with Gasteiger partial charge in [0.05, 0.1) is 6.54 Å². The van der Waals surface area contributed by atoms with Gasteiger partial charge >= 0.3 is 6.03 Å². The first-order chi connectivity index (χ1) is 13.7. The van der Waals surface area contributed by atoms with Crippen LogP contribution in [0.4, 0.5) is 4.79 Å². The summed E-state index contributed by atoms with van der Waals surface area (Å²) in [7, 11) is 0. The molecule has 1 aromatic heterocycles. The summed E-state index contributed by atoms with van der Waals surface area (Å²) < 4.78 is 13.5. The lowest BCUT2D eigenvalue weighted by molar-refractivity contribution is 0.0868. The molecule has 3 aliphatic heterocycles. The molecule has 0 spiro atoms. The number of para-hydroxylation sites is 2. The number of piperidine rings is 1. The standard InChI is InChI=1S/C21H23N3O4/c25-20-7-3-4-17-15-8-14(11-24(17)20)10-23(12-15)21(26)22-9-16-13-27-18-5-1-2-6-19(18)28-16/h1-7,14-16H,8-13H2,(H,22,26)/t14-,15+,16+/m1/s1. The number of fused-ring (bicyclic) bond motifs is 5. The predicted octanol–water partition coefficient (Wildman–Crippen LogP) is 1.82. The van der Waals surface area contributed by atoms with E-state index in [1.807, 2.05) is 45.9 Å². The van der Waals surface area contributed by atoms with E-state index >= 15 is 0 Å². The van der Waals surface area contributed by atoms with Gasteiger partial charge in [0.25, 0.3) is 5.56 Å². The van der Waals surface area contributed by atoms with Gasteiger partial charge in [-0.2, -0.15) is 0 Å². The molecule has 3 aliphatic rings. The van der Waals surface area contributed by atoms with Crippen molar-refractivity contribution in [1.82, 2.24) is 14.8 Å². The number of aromatic nitrogens is 1. The fourth-order valence-electron chi connectivity index (χ4n) is 4.54. The molecule has 1 aromatic carbocycles. The van der Waals surface area contributed by atoms with Crippen molar-refractivity contribution in [2.45, 2.75) is 25.0 Å².